The van der Waals surface area contributed by atoms with Crippen LogP contribution < -0.4 is 4.90 Å². The van der Waals surface area contributed by atoms with Gasteiger partial charge in [0.1, 0.15) is 0 Å². The van der Waals surface area contributed by atoms with Gasteiger partial charge in [-0.3, -0.25) is 4.79 Å². The van der Waals surface area contributed by atoms with E-state index in [1.165, 1.54) is 7.11 Å². The summed E-state index contributed by atoms with van der Waals surface area (Å²) in [6, 6.07) is 13.6. The zero-order chi connectivity index (χ0) is 20.5. The molecule has 4 heteroatoms. The molecule has 0 saturated carbocycles. The summed E-state index contributed by atoms with van der Waals surface area (Å²) in [5.74, 6) is -0.226. The van der Waals surface area contributed by atoms with Gasteiger partial charge in [-0.1, -0.05) is 50.6 Å². The predicted molar refractivity (Wildman–Crippen MR) is 112 cm³/mol. The lowest BCUT2D eigenvalue weighted by Crippen LogP contribution is -2.24. The van der Waals surface area contributed by atoms with Crippen molar-refractivity contribution in [3.63, 3.8) is 0 Å². The SMILES string of the molecule is COC(=O)c1ccc2c(c1)CCN2C=C(C(=O)C(C)(C)C)c1ccc(C)cc1. The molecule has 0 aromatic heterocycles. The average molecular weight is 377 g/mol. The third-order valence-corrected chi connectivity index (χ3v) is 5.01. The first-order valence-corrected chi connectivity index (χ1v) is 9.52. The molecule has 0 atom stereocenters. The number of ether oxygens (including phenoxy) is 1. The van der Waals surface area contributed by atoms with E-state index in [2.05, 4.69) is 4.90 Å². The molecular formula is C24H27NO3. The summed E-state index contributed by atoms with van der Waals surface area (Å²) < 4.78 is 4.81. The molecule has 0 radical (unpaired) electrons. The number of hydrogen-bond donors (Lipinski definition) is 0. The van der Waals surface area contributed by atoms with Gasteiger partial charge in [-0.15, -0.1) is 0 Å². The molecule has 1 aliphatic rings. The van der Waals surface area contributed by atoms with Gasteiger partial charge in [-0.05, 0) is 42.7 Å². The molecule has 2 aromatic rings. The lowest BCUT2D eigenvalue weighted by Gasteiger charge is -2.22. The summed E-state index contributed by atoms with van der Waals surface area (Å²) >= 11 is 0. The Morgan fingerprint density at radius 2 is 1.68 bits per heavy atom. The number of benzene rings is 2. The Labute approximate surface area is 166 Å². The fourth-order valence-corrected chi connectivity index (χ4v) is 3.36. The molecular weight excluding hydrogens is 350 g/mol. The van der Waals surface area contributed by atoms with Crippen LogP contribution >= 0.6 is 0 Å². The van der Waals surface area contributed by atoms with E-state index in [-0.39, 0.29) is 11.8 Å². The number of nitrogens with zero attached hydrogens (tertiary/aromatic N) is 1. The van der Waals surface area contributed by atoms with Crippen molar-refractivity contribution in [3.8, 4) is 0 Å². The number of carbonyl (C=O) groups excluding carboxylic acids is 2. The second kappa shape index (κ2) is 7.63. The summed E-state index contributed by atoms with van der Waals surface area (Å²) in [6.45, 7) is 8.63. The third kappa shape index (κ3) is 4.01. The van der Waals surface area contributed by atoms with Gasteiger partial charge in [0.25, 0.3) is 0 Å². The van der Waals surface area contributed by atoms with Crippen LogP contribution in [-0.4, -0.2) is 25.4 Å². The van der Waals surface area contributed by atoms with E-state index < -0.39 is 5.41 Å². The fraction of sp³-hybridized carbons (Fsp3) is 0.333. The number of fused-ring (bicyclic) bond motifs is 1. The number of Topliss-reactive ketones (excluding diaryl/α,β-unsaturated/α-hetero) is 1. The van der Waals surface area contributed by atoms with Crippen LogP contribution in [0.5, 0.6) is 0 Å². The Bertz CT molecular complexity index is 933. The molecule has 28 heavy (non-hydrogen) atoms. The number of ketones is 1. The minimum atomic E-state index is -0.478. The van der Waals surface area contributed by atoms with Gasteiger partial charge in [-0.25, -0.2) is 4.79 Å². The lowest BCUT2D eigenvalue weighted by atomic mass is 9.84. The Morgan fingerprint density at radius 1 is 1.04 bits per heavy atom. The maximum Gasteiger partial charge on any atom is 0.337 e. The number of hydrogen-bond acceptors (Lipinski definition) is 4. The summed E-state index contributed by atoms with van der Waals surface area (Å²) in [6.07, 6.45) is 2.78. The smallest absolute Gasteiger partial charge is 0.337 e. The van der Waals surface area contributed by atoms with Crippen molar-refractivity contribution in [1.29, 1.82) is 0 Å². The van der Waals surface area contributed by atoms with Crippen LogP contribution in [-0.2, 0) is 16.0 Å². The van der Waals surface area contributed by atoms with Gasteiger partial charge >= 0.3 is 5.97 Å². The molecule has 0 aliphatic carbocycles. The molecule has 0 spiro atoms. The second-order valence-electron chi connectivity index (χ2n) is 8.27. The maximum atomic E-state index is 13.2. The Kier molecular flexibility index (Phi) is 5.41. The first kappa shape index (κ1) is 19.9. The van der Waals surface area contributed by atoms with Crippen molar-refractivity contribution >= 4 is 23.0 Å². The van der Waals surface area contributed by atoms with E-state index in [1.54, 1.807) is 6.07 Å². The van der Waals surface area contributed by atoms with Gasteiger partial charge in [-0.2, -0.15) is 0 Å². The molecule has 146 valence electrons. The monoisotopic (exact) mass is 377 g/mol. The second-order valence-corrected chi connectivity index (χ2v) is 8.27. The minimum Gasteiger partial charge on any atom is -0.465 e. The van der Waals surface area contributed by atoms with Crippen molar-refractivity contribution in [2.24, 2.45) is 5.41 Å². The zero-order valence-corrected chi connectivity index (χ0v) is 17.2. The zero-order valence-electron chi connectivity index (χ0n) is 17.2. The van der Waals surface area contributed by atoms with Crippen LogP contribution in [0.2, 0.25) is 0 Å². The van der Waals surface area contributed by atoms with Crippen molar-refractivity contribution in [1.82, 2.24) is 0 Å². The normalized spacial score (nSPS) is 14.0. The van der Waals surface area contributed by atoms with E-state index in [4.69, 9.17) is 4.74 Å². The molecule has 3 rings (SSSR count). The maximum absolute atomic E-state index is 13.2. The number of allylic oxidation sites excluding steroid dienone is 1. The summed E-state index contributed by atoms with van der Waals surface area (Å²) in [5, 5.41) is 0. The van der Waals surface area contributed by atoms with E-state index in [0.29, 0.717) is 11.1 Å². The van der Waals surface area contributed by atoms with Crippen LogP contribution in [0.25, 0.3) is 5.57 Å². The molecule has 4 nitrogen and oxygen atoms in total. The summed E-state index contributed by atoms with van der Waals surface area (Å²) in [4.78, 5) is 27.1. The van der Waals surface area contributed by atoms with E-state index in [1.807, 2.05) is 70.3 Å². The van der Waals surface area contributed by atoms with Gasteiger partial charge in [0.05, 0.1) is 12.7 Å². The quantitative estimate of drug-likeness (QED) is 0.567. The van der Waals surface area contributed by atoms with Gasteiger partial charge in [0.15, 0.2) is 5.78 Å². The third-order valence-electron chi connectivity index (χ3n) is 5.01. The van der Waals surface area contributed by atoms with Gasteiger partial charge in [0, 0.05) is 29.4 Å². The van der Waals surface area contributed by atoms with Gasteiger partial charge in [0.2, 0.25) is 0 Å². The average Bonchev–Trinajstić information content (AvgIpc) is 3.07. The van der Waals surface area contributed by atoms with Crippen molar-refractivity contribution in [2.45, 2.75) is 34.1 Å². The van der Waals surface area contributed by atoms with Crippen molar-refractivity contribution in [3.05, 3.63) is 70.9 Å². The molecule has 1 heterocycles. The molecule has 0 saturated heterocycles. The first-order valence-electron chi connectivity index (χ1n) is 9.52. The van der Waals surface area contributed by atoms with E-state index in [0.717, 1.165) is 35.3 Å². The van der Waals surface area contributed by atoms with Crippen LogP contribution in [0.15, 0.2) is 48.7 Å². The Morgan fingerprint density at radius 3 is 2.29 bits per heavy atom. The predicted octanol–water partition coefficient (Wildman–Crippen LogP) is 4.80. The number of aryl methyl sites for hydroxylation is 1. The number of methoxy groups -OCH3 is 1. The standard InChI is InChI=1S/C24H27NO3/c1-16-6-8-17(9-7-16)20(22(26)24(2,3)4)15-25-13-12-18-14-19(23(27)28-5)10-11-21(18)25/h6-11,14-15H,12-13H2,1-5H3. The summed E-state index contributed by atoms with van der Waals surface area (Å²) in [5.41, 5.74) is 4.98. The highest BCUT2D eigenvalue weighted by Gasteiger charge is 2.28. The van der Waals surface area contributed by atoms with Crippen LogP contribution in [0.3, 0.4) is 0 Å². The fourth-order valence-electron chi connectivity index (χ4n) is 3.36. The molecule has 0 bridgehead atoms. The van der Waals surface area contributed by atoms with E-state index in [9.17, 15) is 9.59 Å². The highest BCUT2D eigenvalue weighted by atomic mass is 16.5. The van der Waals surface area contributed by atoms with Crippen LogP contribution in [0.1, 0.15) is 47.8 Å². The van der Waals surface area contributed by atoms with Crippen molar-refractivity contribution < 1.29 is 14.3 Å². The Hall–Kier alpha value is -2.88. The topological polar surface area (TPSA) is 46.6 Å². The minimum absolute atomic E-state index is 0.107. The van der Waals surface area contributed by atoms with Crippen LogP contribution in [0.4, 0.5) is 5.69 Å². The van der Waals surface area contributed by atoms with E-state index >= 15 is 0 Å². The highest BCUT2D eigenvalue weighted by Crippen LogP contribution is 2.33. The summed E-state index contributed by atoms with van der Waals surface area (Å²) in [7, 11) is 1.39. The largest absolute Gasteiger partial charge is 0.465 e. The molecule has 0 N–H and O–H groups in total. The number of carbonyl (C=O) groups is 2. The highest BCUT2D eigenvalue weighted by molar-refractivity contribution is 6.23. The number of esters is 1. The molecule has 2 aromatic carbocycles. The molecule has 0 unspecified atom stereocenters. The molecule has 0 amide bonds. The molecule has 0 fully saturated rings. The lowest BCUT2D eigenvalue weighted by molar-refractivity contribution is -0.120. The Balaban J connectivity index is 2.02. The van der Waals surface area contributed by atoms with Crippen molar-refractivity contribution in [2.75, 3.05) is 18.6 Å². The number of rotatable bonds is 4. The van der Waals surface area contributed by atoms with Gasteiger partial charge < -0.3 is 9.64 Å². The first-order chi connectivity index (χ1) is 13.2. The number of anilines is 1. The van der Waals surface area contributed by atoms with Crippen LogP contribution in [0, 0.1) is 12.3 Å². The molecule has 1 aliphatic heterocycles.